The van der Waals surface area contributed by atoms with Crippen LogP contribution in [0.2, 0.25) is 0 Å². The Morgan fingerprint density at radius 1 is 0.878 bits per heavy atom. The number of hydrogen-bond acceptors (Lipinski definition) is 11. The maximum atomic E-state index is 13.9. The minimum atomic E-state index is -1.05. The van der Waals surface area contributed by atoms with Gasteiger partial charge in [-0.25, -0.2) is 0 Å². The molecule has 1 aliphatic heterocycles. The Bertz CT molecular complexity index is 2040. The highest BCUT2D eigenvalue weighted by molar-refractivity contribution is 8.00. The summed E-state index contributed by atoms with van der Waals surface area (Å²) in [5.74, 6) is 0.313. The van der Waals surface area contributed by atoms with Gasteiger partial charge in [0, 0.05) is 11.3 Å². The van der Waals surface area contributed by atoms with Gasteiger partial charge in [0.15, 0.2) is 27.3 Å². The average Bonchev–Trinajstić information content (AvgIpc) is 3.71. The van der Waals surface area contributed by atoms with E-state index in [1.165, 1.54) is 49.3 Å². The molecule has 10 nitrogen and oxygen atoms in total. The normalized spacial score (nSPS) is 15.5. The van der Waals surface area contributed by atoms with Gasteiger partial charge in [-0.2, -0.15) is 0 Å². The monoisotopic (exact) mass is 697 g/mol. The number of ether oxygens (including phenoxy) is 4. The predicted octanol–water partition coefficient (Wildman–Crippen LogP) is 7.81. The minimum absolute atomic E-state index is 0.112. The van der Waals surface area contributed by atoms with Crippen LogP contribution >= 0.6 is 23.1 Å². The van der Waals surface area contributed by atoms with Gasteiger partial charge < -0.3 is 24.1 Å². The third-order valence-corrected chi connectivity index (χ3v) is 10.3. The zero-order valence-corrected chi connectivity index (χ0v) is 29.1. The number of thioether (sulfide) groups is 1. The average molecular weight is 698 g/mol. The van der Waals surface area contributed by atoms with E-state index in [0.29, 0.717) is 45.3 Å². The largest absolute Gasteiger partial charge is 0.507 e. The van der Waals surface area contributed by atoms with Gasteiger partial charge in [-0.1, -0.05) is 85.0 Å². The summed E-state index contributed by atoms with van der Waals surface area (Å²) in [5.41, 5.74) is 1.82. The highest BCUT2D eigenvalue weighted by Gasteiger charge is 2.48. The Morgan fingerprint density at radius 3 is 2.39 bits per heavy atom. The number of carbonyl (C=O) groups is 2. The van der Waals surface area contributed by atoms with Crippen LogP contribution in [-0.4, -0.2) is 54.9 Å². The fraction of sp³-hybridized carbons (Fsp3) is 0.243. The van der Waals surface area contributed by atoms with Gasteiger partial charge in [-0.3, -0.25) is 14.5 Å². The molecule has 1 N–H and O–H groups in total. The fourth-order valence-electron chi connectivity index (χ4n) is 5.70. The number of carbonyl (C=O) groups excluding carboxylic acids is 2. The highest BCUT2D eigenvalue weighted by Crippen LogP contribution is 2.46. The molecular weight excluding hydrogens is 663 g/mol. The summed E-state index contributed by atoms with van der Waals surface area (Å²) >= 11 is 2.70. The molecule has 252 valence electrons. The molecule has 1 atom stereocenters. The second-order valence-electron chi connectivity index (χ2n) is 11.1. The van der Waals surface area contributed by atoms with E-state index in [9.17, 15) is 14.7 Å². The molecule has 1 aliphatic rings. The van der Waals surface area contributed by atoms with Crippen LogP contribution in [0.5, 0.6) is 23.0 Å². The molecule has 1 aromatic heterocycles. The lowest BCUT2D eigenvalue weighted by molar-refractivity contribution is -0.132. The third-order valence-electron chi connectivity index (χ3n) is 8.19. The lowest BCUT2D eigenvalue weighted by Crippen LogP contribution is -2.29. The molecule has 6 rings (SSSR count). The van der Waals surface area contributed by atoms with Crippen LogP contribution in [0.1, 0.15) is 42.5 Å². The van der Waals surface area contributed by atoms with E-state index in [4.69, 9.17) is 18.9 Å². The van der Waals surface area contributed by atoms with Crippen molar-refractivity contribution in [3.8, 4) is 23.0 Å². The number of amides is 1. The molecule has 1 saturated heterocycles. The lowest BCUT2D eigenvalue weighted by Gasteiger charge is -2.23. The van der Waals surface area contributed by atoms with Gasteiger partial charge in [0.25, 0.3) is 5.78 Å². The summed E-state index contributed by atoms with van der Waals surface area (Å²) in [4.78, 5) is 29.0. The number of rotatable bonds is 13. The standard InChI is InChI=1S/C37H35N3O7S2/c1-5-6-18-47-28-17-14-23(19-30(28)46-4)32-31(33(41)24-15-16-27(44-2)29(20-24)45-3)34(42)35(43)40(32)36-38-39-37(49-36)48-21-25-12-9-11-22-10-7-8-13-26(22)25/h7-17,19-20,32,41H,5-6,18,21H2,1-4H3/b33-31+. The van der Waals surface area contributed by atoms with E-state index >= 15 is 0 Å². The third kappa shape index (κ3) is 6.79. The number of anilines is 1. The zero-order valence-electron chi connectivity index (χ0n) is 27.5. The molecule has 5 aromatic rings. The van der Waals surface area contributed by atoms with Crippen molar-refractivity contribution in [2.24, 2.45) is 0 Å². The van der Waals surface area contributed by atoms with Crippen LogP contribution in [0.15, 0.2) is 88.8 Å². The van der Waals surface area contributed by atoms with E-state index < -0.39 is 17.7 Å². The van der Waals surface area contributed by atoms with Crippen LogP contribution in [0.3, 0.4) is 0 Å². The number of aliphatic hydroxyl groups excluding tert-OH is 1. The van der Waals surface area contributed by atoms with Crippen molar-refractivity contribution in [3.05, 3.63) is 101 Å². The molecule has 2 heterocycles. The zero-order chi connectivity index (χ0) is 34.5. The number of benzene rings is 4. The van der Waals surface area contributed by atoms with E-state index in [-0.39, 0.29) is 22.0 Å². The molecule has 4 aromatic carbocycles. The second kappa shape index (κ2) is 15.0. The van der Waals surface area contributed by atoms with Crippen LogP contribution < -0.4 is 23.8 Å². The number of fused-ring (bicyclic) bond motifs is 1. The molecule has 1 fully saturated rings. The Labute approximate surface area is 292 Å². The number of aromatic nitrogens is 2. The first-order valence-electron chi connectivity index (χ1n) is 15.7. The number of ketones is 1. The summed E-state index contributed by atoms with van der Waals surface area (Å²) in [6, 6.07) is 23.3. The summed E-state index contributed by atoms with van der Waals surface area (Å²) in [5, 5.41) is 23.0. The topological polar surface area (TPSA) is 120 Å². The van der Waals surface area contributed by atoms with Gasteiger partial charge in [-0.05, 0) is 58.7 Å². The smallest absolute Gasteiger partial charge is 0.301 e. The van der Waals surface area contributed by atoms with Crippen LogP contribution in [0.25, 0.3) is 16.5 Å². The first kappa shape index (κ1) is 33.8. The highest BCUT2D eigenvalue weighted by atomic mass is 32.2. The first-order valence-corrected chi connectivity index (χ1v) is 17.5. The molecule has 12 heteroatoms. The van der Waals surface area contributed by atoms with E-state index in [1.807, 2.05) is 18.2 Å². The maximum absolute atomic E-state index is 13.9. The summed E-state index contributed by atoms with van der Waals surface area (Å²) < 4.78 is 23.0. The maximum Gasteiger partial charge on any atom is 0.301 e. The van der Waals surface area contributed by atoms with Crippen LogP contribution in [0, 0.1) is 0 Å². The van der Waals surface area contributed by atoms with Gasteiger partial charge in [-0.15, -0.1) is 10.2 Å². The van der Waals surface area contributed by atoms with Crippen molar-refractivity contribution in [2.45, 2.75) is 35.9 Å². The molecule has 0 saturated carbocycles. The van der Waals surface area contributed by atoms with Crippen molar-refractivity contribution in [1.82, 2.24) is 10.2 Å². The first-order chi connectivity index (χ1) is 23.9. The molecule has 0 radical (unpaired) electrons. The quantitative estimate of drug-likeness (QED) is 0.0326. The van der Waals surface area contributed by atoms with Gasteiger partial charge in [0.1, 0.15) is 5.76 Å². The second-order valence-corrected chi connectivity index (χ2v) is 13.3. The van der Waals surface area contributed by atoms with Crippen LogP contribution in [0.4, 0.5) is 5.13 Å². The fourth-order valence-corrected chi connectivity index (χ4v) is 7.57. The molecular formula is C37H35N3O7S2. The van der Waals surface area contributed by atoms with Gasteiger partial charge in [0.2, 0.25) is 5.13 Å². The Kier molecular flexibility index (Phi) is 10.4. The number of unbranched alkanes of at least 4 members (excludes halogenated alkanes) is 1. The molecule has 0 aliphatic carbocycles. The van der Waals surface area contributed by atoms with E-state index in [0.717, 1.165) is 29.2 Å². The summed E-state index contributed by atoms with van der Waals surface area (Å²) in [6.45, 7) is 2.58. The SMILES string of the molecule is CCCCOc1ccc(C2/C(=C(\O)c3ccc(OC)c(OC)c3)C(=O)C(=O)N2c2nnc(SCc3cccc4ccccc34)s2)cc1OC. The Morgan fingerprint density at radius 2 is 1.61 bits per heavy atom. The molecule has 1 amide bonds. The Balaban J connectivity index is 1.40. The molecule has 1 unspecified atom stereocenters. The molecule has 49 heavy (non-hydrogen) atoms. The molecule has 0 bridgehead atoms. The molecule has 0 spiro atoms. The lowest BCUT2D eigenvalue weighted by atomic mass is 9.95. The Hall–Kier alpha value is -5.07. The van der Waals surface area contributed by atoms with Gasteiger partial charge >= 0.3 is 5.91 Å². The number of methoxy groups -OCH3 is 3. The van der Waals surface area contributed by atoms with E-state index in [1.54, 1.807) is 36.4 Å². The summed E-state index contributed by atoms with van der Waals surface area (Å²) in [7, 11) is 4.50. The number of hydrogen-bond donors (Lipinski definition) is 1. The minimum Gasteiger partial charge on any atom is -0.507 e. The number of Topliss-reactive ketones (excluding diaryl/α,β-unsaturated/α-hetero) is 1. The van der Waals surface area contributed by atoms with Crippen LogP contribution in [-0.2, 0) is 15.3 Å². The predicted molar refractivity (Wildman–Crippen MR) is 191 cm³/mol. The van der Waals surface area contributed by atoms with Crippen molar-refractivity contribution >= 4 is 56.5 Å². The van der Waals surface area contributed by atoms with E-state index in [2.05, 4.69) is 41.4 Å². The summed E-state index contributed by atoms with van der Waals surface area (Å²) in [6.07, 6.45) is 1.84. The van der Waals surface area contributed by atoms with Crippen molar-refractivity contribution in [2.75, 3.05) is 32.8 Å². The van der Waals surface area contributed by atoms with Crippen molar-refractivity contribution in [1.29, 1.82) is 0 Å². The number of aliphatic hydroxyl groups is 1. The van der Waals surface area contributed by atoms with Gasteiger partial charge in [0.05, 0.1) is 39.6 Å². The van der Waals surface area contributed by atoms with Crippen molar-refractivity contribution in [3.63, 3.8) is 0 Å². The number of nitrogens with zero attached hydrogens (tertiary/aromatic N) is 3. The van der Waals surface area contributed by atoms with Crippen molar-refractivity contribution < 1.29 is 33.6 Å².